The highest BCUT2D eigenvalue weighted by Gasteiger charge is 2.28. The number of amides is 2. The third-order valence-corrected chi connectivity index (χ3v) is 5.87. The van der Waals surface area contributed by atoms with Crippen molar-refractivity contribution in [2.24, 2.45) is 5.92 Å². The van der Waals surface area contributed by atoms with Gasteiger partial charge in [0.2, 0.25) is 5.91 Å². The number of para-hydroxylation sites is 1. The van der Waals surface area contributed by atoms with Crippen LogP contribution in [-0.2, 0) is 11.2 Å². The first-order valence-corrected chi connectivity index (χ1v) is 11.1. The molecule has 1 saturated heterocycles. The number of aryl methyl sites for hydroxylation is 1. The number of hydrogen-bond acceptors (Lipinski definition) is 4. The van der Waals surface area contributed by atoms with Gasteiger partial charge < -0.3 is 15.0 Å². The van der Waals surface area contributed by atoms with Crippen molar-refractivity contribution in [3.05, 3.63) is 58.9 Å². The van der Waals surface area contributed by atoms with E-state index in [0.717, 1.165) is 35.5 Å². The molecule has 2 heterocycles. The van der Waals surface area contributed by atoms with Crippen molar-refractivity contribution >= 4 is 11.8 Å². The Labute approximate surface area is 185 Å². The van der Waals surface area contributed by atoms with Gasteiger partial charge in [0.1, 0.15) is 5.75 Å². The quantitative estimate of drug-likeness (QED) is 0.737. The van der Waals surface area contributed by atoms with Gasteiger partial charge in [-0.1, -0.05) is 32.0 Å². The van der Waals surface area contributed by atoms with Crippen molar-refractivity contribution in [2.75, 3.05) is 26.7 Å². The minimum absolute atomic E-state index is 0.0122. The summed E-state index contributed by atoms with van der Waals surface area (Å²) in [6.07, 6.45) is 2.35. The van der Waals surface area contributed by atoms with Crippen LogP contribution in [0.1, 0.15) is 59.9 Å². The normalized spacial score (nSPS) is 14.5. The topological polar surface area (TPSA) is 71.5 Å². The van der Waals surface area contributed by atoms with E-state index in [9.17, 15) is 9.59 Å². The number of hydrogen-bond donors (Lipinski definition) is 1. The van der Waals surface area contributed by atoms with Gasteiger partial charge in [-0.3, -0.25) is 14.6 Å². The van der Waals surface area contributed by atoms with Crippen molar-refractivity contribution in [3.63, 3.8) is 0 Å². The minimum Gasteiger partial charge on any atom is -0.496 e. The van der Waals surface area contributed by atoms with E-state index in [1.54, 1.807) is 7.11 Å². The van der Waals surface area contributed by atoms with Crippen LogP contribution in [0.15, 0.2) is 36.4 Å². The molecule has 2 amide bonds. The molecule has 31 heavy (non-hydrogen) atoms. The molecule has 3 rings (SSSR count). The second-order valence-corrected chi connectivity index (χ2v) is 8.46. The van der Waals surface area contributed by atoms with Crippen LogP contribution in [0.4, 0.5) is 0 Å². The van der Waals surface area contributed by atoms with Gasteiger partial charge in [-0.25, -0.2) is 0 Å². The van der Waals surface area contributed by atoms with Crippen molar-refractivity contribution in [2.45, 2.75) is 46.0 Å². The number of nitrogens with zero attached hydrogens (tertiary/aromatic N) is 2. The first-order valence-electron chi connectivity index (χ1n) is 11.1. The number of carbonyl (C=O) groups is 2. The summed E-state index contributed by atoms with van der Waals surface area (Å²) in [7, 11) is 1.65. The van der Waals surface area contributed by atoms with Crippen LogP contribution in [0.2, 0.25) is 0 Å². The smallest absolute Gasteiger partial charge is 0.253 e. The number of carbonyl (C=O) groups excluding carboxylic acids is 2. The summed E-state index contributed by atoms with van der Waals surface area (Å²) < 4.78 is 5.39. The van der Waals surface area contributed by atoms with Gasteiger partial charge in [0, 0.05) is 37.2 Å². The number of nitrogens with one attached hydrogen (secondary N) is 1. The summed E-state index contributed by atoms with van der Waals surface area (Å²) in [6, 6.07) is 11.6. The number of rotatable bonds is 7. The van der Waals surface area contributed by atoms with Gasteiger partial charge in [-0.2, -0.15) is 0 Å². The molecule has 1 aromatic carbocycles. The molecule has 0 saturated carbocycles. The zero-order valence-electron chi connectivity index (χ0n) is 19.0. The maximum atomic E-state index is 13.0. The fourth-order valence-electron chi connectivity index (χ4n) is 4.13. The highest BCUT2D eigenvalue weighted by molar-refractivity contribution is 5.95. The maximum absolute atomic E-state index is 13.0. The Hall–Kier alpha value is -2.89. The Kier molecular flexibility index (Phi) is 7.66. The molecule has 166 valence electrons. The van der Waals surface area contributed by atoms with Crippen LogP contribution in [0.3, 0.4) is 0 Å². The fraction of sp³-hybridized carbons (Fsp3) is 0.480. The Morgan fingerprint density at radius 1 is 1.16 bits per heavy atom. The van der Waals surface area contributed by atoms with E-state index in [-0.39, 0.29) is 23.7 Å². The molecule has 1 aliphatic heterocycles. The Morgan fingerprint density at radius 3 is 2.55 bits per heavy atom. The number of likely N-dealkylation sites (tertiary alicyclic amines) is 1. The summed E-state index contributed by atoms with van der Waals surface area (Å²) in [5, 5.41) is 3.04. The predicted octanol–water partition coefficient (Wildman–Crippen LogP) is 3.73. The summed E-state index contributed by atoms with van der Waals surface area (Å²) in [4.78, 5) is 31.9. The van der Waals surface area contributed by atoms with Crippen molar-refractivity contribution in [1.82, 2.24) is 15.2 Å². The van der Waals surface area contributed by atoms with Crippen LogP contribution < -0.4 is 10.1 Å². The van der Waals surface area contributed by atoms with Gasteiger partial charge in [0.05, 0.1) is 18.4 Å². The molecule has 0 atom stereocenters. The van der Waals surface area contributed by atoms with Crippen molar-refractivity contribution < 1.29 is 14.3 Å². The average Bonchev–Trinajstić information content (AvgIpc) is 2.78. The lowest BCUT2D eigenvalue weighted by Gasteiger charge is -2.33. The number of benzene rings is 1. The Morgan fingerprint density at radius 2 is 1.87 bits per heavy atom. The van der Waals surface area contributed by atoms with E-state index in [0.29, 0.717) is 31.6 Å². The molecule has 0 aliphatic carbocycles. The van der Waals surface area contributed by atoms with Gasteiger partial charge in [0.25, 0.3) is 5.91 Å². The molecule has 6 nitrogen and oxygen atoms in total. The summed E-state index contributed by atoms with van der Waals surface area (Å²) in [6.45, 7) is 7.77. The minimum atomic E-state index is -0.0990. The third-order valence-electron chi connectivity index (χ3n) is 5.87. The molecule has 1 aromatic heterocycles. The predicted molar refractivity (Wildman–Crippen MR) is 121 cm³/mol. The highest BCUT2D eigenvalue weighted by atomic mass is 16.5. The lowest BCUT2D eigenvalue weighted by molar-refractivity contribution is -0.135. The molecule has 2 aromatic rings. The van der Waals surface area contributed by atoms with E-state index >= 15 is 0 Å². The van der Waals surface area contributed by atoms with E-state index in [2.05, 4.69) is 5.32 Å². The van der Waals surface area contributed by atoms with Gasteiger partial charge in [0.15, 0.2) is 0 Å². The largest absolute Gasteiger partial charge is 0.496 e. The SMILES string of the molecule is COc1ccccc1CCNC(=O)c1ccc(C)nc1C1CCN(C(=O)C(C)C)CC1. The molecule has 1 aliphatic rings. The van der Waals surface area contributed by atoms with Crippen LogP contribution in [-0.4, -0.2) is 48.4 Å². The first-order chi connectivity index (χ1) is 14.9. The van der Waals surface area contributed by atoms with Crippen LogP contribution in [0.5, 0.6) is 5.75 Å². The van der Waals surface area contributed by atoms with E-state index in [1.807, 2.05) is 62.1 Å². The molecule has 1 fully saturated rings. The van der Waals surface area contributed by atoms with Crippen LogP contribution >= 0.6 is 0 Å². The van der Waals surface area contributed by atoms with Gasteiger partial charge in [-0.15, -0.1) is 0 Å². The number of piperidine rings is 1. The third kappa shape index (κ3) is 5.63. The molecule has 0 unspecified atom stereocenters. The molecule has 0 bridgehead atoms. The number of ether oxygens (including phenoxy) is 1. The van der Waals surface area contributed by atoms with Crippen molar-refractivity contribution in [1.29, 1.82) is 0 Å². The Bertz CT molecular complexity index is 918. The monoisotopic (exact) mass is 423 g/mol. The van der Waals surface area contributed by atoms with Crippen LogP contribution in [0, 0.1) is 12.8 Å². The lowest BCUT2D eigenvalue weighted by Crippen LogP contribution is -2.40. The first kappa shape index (κ1) is 22.8. The molecule has 0 radical (unpaired) electrons. The zero-order valence-corrected chi connectivity index (χ0v) is 19.0. The molecular formula is C25H33N3O3. The molecule has 6 heteroatoms. The number of aromatic nitrogens is 1. The lowest BCUT2D eigenvalue weighted by atomic mass is 9.89. The van der Waals surface area contributed by atoms with E-state index < -0.39 is 0 Å². The van der Waals surface area contributed by atoms with Crippen LogP contribution in [0.25, 0.3) is 0 Å². The number of pyridine rings is 1. The summed E-state index contributed by atoms with van der Waals surface area (Å²) in [5.74, 6) is 1.13. The second kappa shape index (κ2) is 10.4. The van der Waals surface area contributed by atoms with Crippen molar-refractivity contribution in [3.8, 4) is 5.75 Å². The maximum Gasteiger partial charge on any atom is 0.253 e. The highest BCUT2D eigenvalue weighted by Crippen LogP contribution is 2.30. The average molecular weight is 424 g/mol. The number of methoxy groups -OCH3 is 1. The summed E-state index contributed by atoms with van der Waals surface area (Å²) >= 11 is 0. The summed E-state index contributed by atoms with van der Waals surface area (Å²) in [5.41, 5.74) is 3.46. The zero-order chi connectivity index (χ0) is 22.4. The fourth-order valence-corrected chi connectivity index (χ4v) is 4.13. The second-order valence-electron chi connectivity index (χ2n) is 8.46. The van der Waals surface area contributed by atoms with E-state index in [4.69, 9.17) is 9.72 Å². The van der Waals surface area contributed by atoms with E-state index in [1.165, 1.54) is 0 Å². The van der Waals surface area contributed by atoms with Gasteiger partial charge in [-0.05, 0) is 49.9 Å². The van der Waals surface area contributed by atoms with Gasteiger partial charge >= 0.3 is 0 Å². The molecular weight excluding hydrogens is 390 g/mol. The molecule has 1 N–H and O–H groups in total. The Balaban J connectivity index is 1.66. The molecule has 0 spiro atoms. The standard InChI is InChI=1S/C25H33N3O3/c1-17(2)25(30)28-15-12-20(13-16-28)23-21(10-9-18(3)27-23)24(29)26-14-11-19-7-5-6-8-22(19)31-4/h5-10,17,20H,11-16H2,1-4H3,(H,26,29).